The summed E-state index contributed by atoms with van der Waals surface area (Å²) in [6.45, 7) is 0. The largest absolute Gasteiger partial charge is 0.508 e. The molecule has 5 heteroatoms. The number of para-hydroxylation sites is 1. The number of nitrogens with one attached hydrogen (secondary N) is 1. The third kappa shape index (κ3) is 2.05. The normalized spacial score (nSPS) is 10.3. The zero-order chi connectivity index (χ0) is 9.80. The van der Waals surface area contributed by atoms with E-state index in [0.29, 0.717) is 11.5 Å². The molecule has 0 bridgehead atoms. The molecule has 0 amide bonds. The number of hydrogen-bond donors (Lipinski definition) is 2. The quantitative estimate of drug-likeness (QED) is 0.753. The Morgan fingerprint density at radius 2 is 2.21 bits per heavy atom. The number of aromatic nitrogens is 3. The van der Waals surface area contributed by atoms with Gasteiger partial charge in [-0.2, -0.15) is 5.10 Å². The molecule has 0 atom stereocenters. The Labute approximate surface area is 85.4 Å². The van der Waals surface area contributed by atoms with E-state index in [4.69, 9.17) is 0 Å². The van der Waals surface area contributed by atoms with Crippen molar-refractivity contribution in [3.05, 3.63) is 36.2 Å². The van der Waals surface area contributed by atoms with Gasteiger partial charge in [0.25, 0.3) is 0 Å². The molecule has 0 aliphatic heterocycles. The molecule has 1 aromatic carbocycles. The SMILES string of the molecule is Oc1ccccc1CSc1ncn[nH]1. The molecular weight excluding hydrogens is 198 g/mol. The van der Waals surface area contributed by atoms with Crippen molar-refractivity contribution >= 4 is 11.8 Å². The summed E-state index contributed by atoms with van der Waals surface area (Å²) in [6.07, 6.45) is 1.47. The van der Waals surface area contributed by atoms with Crippen molar-refractivity contribution in [1.82, 2.24) is 15.2 Å². The van der Waals surface area contributed by atoms with Crippen LogP contribution in [0.15, 0.2) is 35.7 Å². The molecule has 1 aromatic heterocycles. The van der Waals surface area contributed by atoms with Crippen LogP contribution in [0.2, 0.25) is 0 Å². The number of phenolic OH excluding ortho intramolecular Hbond substituents is 1. The molecular formula is C9H9N3OS. The molecule has 2 rings (SSSR count). The van der Waals surface area contributed by atoms with Crippen LogP contribution in [-0.4, -0.2) is 20.3 Å². The van der Waals surface area contributed by atoms with Crippen molar-refractivity contribution in [2.24, 2.45) is 0 Å². The van der Waals surface area contributed by atoms with Crippen LogP contribution in [0.3, 0.4) is 0 Å². The molecule has 1 heterocycles. The summed E-state index contributed by atoms with van der Waals surface area (Å²) in [7, 11) is 0. The summed E-state index contributed by atoms with van der Waals surface area (Å²) in [5.41, 5.74) is 0.897. The molecule has 0 spiro atoms. The van der Waals surface area contributed by atoms with E-state index < -0.39 is 0 Å². The summed E-state index contributed by atoms with van der Waals surface area (Å²) < 4.78 is 0. The molecule has 0 aliphatic carbocycles. The zero-order valence-electron chi connectivity index (χ0n) is 7.34. The van der Waals surface area contributed by atoms with Crippen LogP contribution in [0.4, 0.5) is 0 Å². The molecule has 0 unspecified atom stereocenters. The van der Waals surface area contributed by atoms with Crippen molar-refractivity contribution in [2.75, 3.05) is 0 Å². The maximum atomic E-state index is 9.48. The predicted octanol–water partition coefficient (Wildman–Crippen LogP) is 1.80. The average molecular weight is 207 g/mol. The number of benzene rings is 1. The lowest BCUT2D eigenvalue weighted by Gasteiger charge is -2.01. The zero-order valence-corrected chi connectivity index (χ0v) is 8.16. The van der Waals surface area contributed by atoms with E-state index in [1.54, 1.807) is 12.1 Å². The molecule has 72 valence electrons. The van der Waals surface area contributed by atoms with Gasteiger partial charge in [-0.25, -0.2) is 4.98 Å². The Morgan fingerprint density at radius 3 is 2.93 bits per heavy atom. The third-order valence-electron chi connectivity index (χ3n) is 1.75. The van der Waals surface area contributed by atoms with Crippen LogP contribution in [-0.2, 0) is 5.75 Å². The Kier molecular flexibility index (Phi) is 2.69. The molecule has 0 saturated heterocycles. The maximum absolute atomic E-state index is 9.48. The van der Waals surface area contributed by atoms with Gasteiger partial charge in [0.15, 0.2) is 5.16 Å². The summed E-state index contributed by atoms with van der Waals surface area (Å²) in [6, 6.07) is 7.27. The highest BCUT2D eigenvalue weighted by Crippen LogP contribution is 2.24. The monoisotopic (exact) mass is 207 g/mol. The van der Waals surface area contributed by atoms with Crippen LogP contribution >= 0.6 is 11.8 Å². The van der Waals surface area contributed by atoms with Gasteiger partial charge in [-0.1, -0.05) is 30.0 Å². The van der Waals surface area contributed by atoms with E-state index in [-0.39, 0.29) is 0 Å². The first-order chi connectivity index (χ1) is 6.86. The molecule has 0 aliphatic rings. The van der Waals surface area contributed by atoms with Gasteiger partial charge in [-0.15, -0.1) is 0 Å². The van der Waals surface area contributed by atoms with Gasteiger partial charge in [-0.3, -0.25) is 5.10 Å². The van der Waals surface area contributed by atoms with E-state index >= 15 is 0 Å². The fraction of sp³-hybridized carbons (Fsp3) is 0.111. The second-order valence-electron chi connectivity index (χ2n) is 2.71. The molecule has 0 radical (unpaired) electrons. The van der Waals surface area contributed by atoms with E-state index in [2.05, 4.69) is 15.2 Å². The lowest BCUT2D eigenvalue weighted by atomic mass is 10.2. The number of hydrogen-bond acceptors (Lipinski definition) is 4. The first-order valence-electron chi connectivity index (χ1n) is 4.11. The lowest BCUT2D eigenvalue weighted by Crippen LogP contribution is -1.82. The first-order valence-corrected chi connectivity index (χ1v) is 5.10. The van der Waals surface area contributed by atoms with Crippen molar-refractivity contribution in [3.63, 3.8) is 0 Å². The van der Waals surface area contributed by atoms with Gasteiger partial charge in [0.05, 0.1) is 0 Å². The Morgan fingerprint density at radius 1 is 1.36 bits per heavy atom. The maximum Gasteiger partial charge on any atom is 0.183 e. The Hall–Kier alpha value is -1.49. The number of nitrogens with zero attached hydrogens (tertiary/aromatic N) is 2. The number of thioether (sulfide) groups is 1. The second kappa shape index (κ2) is 4.15. The van der Waals surface area contributed by atoms with Gasteiger partial charge < -0.3 is 5.11 Å². The summed E-state index contributed by atoms with van der Waals surface area (Å²) in [5, 5.41) is 16.7. The minimum absolute atomic E-state index is 0.319. The molecule has 0 fully saturated rings. The van der Waals surface area contributed by atoms with Gasteiger partial charge >= 0.3 is 0 Å². The summed E-state index contributed by atoms with van der Waals surface area (Å²) in [4.78, 5) is 3.98. The van der Waals surface area contributed by atoms with Crippen LogP contribution in [0.25, 0.3) is 0 Å². The summed E-state index contributed by atoms with van der Waals surface area (Å²) in [5.74, 6) is 1.00. The minimum Gasteiger partial charge on any atom is -0.508 e. The van der Waals surface area contributed by atoms with Crippen molar-refractivity contribution in [3.8, 4) is 5.75 Å². The van der Waals surface area contributed by atoms with E-state index in [1.807, 2.05) is 12.1 Å². The van der Waals surface area contributed by atoms with Crippen molar-refractivity contribution < 1.29 is 5.11 Å². The van der Waals surface area contributed by atoms with Gasteiger partial charge in [0.2, 0.25) is 0 Å². The van der Waals surface area contributed by atoms with Crippen LogP contribution in [0, 0.1) is 0 Å². The van der Waals surface area contributed by atoms with E-state index in [1.165, 1.54) is 18.1 Å². The van der Waals surface area contributed by atoms with Gasteiger partial charge in [0.1, 0.15) is 12.1 Å². The lowest BCUT2D eigenvalue weighted by molar-refractivity contribution is 0.470. The molecule has 4 nitrogen and oxygen atoms in total. The fourth-order valence-corrected chi connectivity index (χ4v) is 1.82. The fourth-order valence-electron chi connectivity index (χ4n) is 1.04. The first kappa shape index (κ1) is 9.08. The standard InChI is InChI=1S/C9H9N3OS/c13-8-4-2-1-3-7(8)5-14-9-10-6-11-12-9/h1-4,6,13H,5H2,(H,10,11,12). The molecule has 2 N–H and O–H groups in total. The highest BCUT2D eigenvalue weighted by molar-refractivity contribution is 7.98. The Balaban J connectivity index is 2.02. The van der Waals surface area contributed by atoms with E-state index in [9.17, 15) is 5.11 Å². The smallest absolute Gasteiger partial charge is 0.183 e. The number of rotatable bonds is 3. The number of H-pyrrole nitrogens is 1. The summed E-state index contributed by atoms with van der Waals surface area (Å²) >= 11 is 1.51. The van der Waals surface area contributed by atoms with Crippen molar-refractivity contribution in [1.29, 1.82) is 0 Å². The average Bonchev–Trinajstić information content (AvgIpc) is 2.69. The van der Waals surface area contributed by atoms with Gasteiger partial charge in [-0.05, 0) is 6.07 Å². The van der Waals surface area contributed by atoms with Crippen LogP contribution in [0.1, 0.15) is 5.56 Å². The highest BCUT2D eigenvalue weighted by Gasteiger charge is 2.01. The molecule has 0 saturated carbocycles. The molecule has 2 aromatic rings. The minimum atomic E-state index is 0.319. The topological polar surface area (TPSA) is 61.8 Å². The van der Waals surface area contributed by atoms with E-state index in [0.717, 1.165) is 10.7 Å². The number of phenols is 1. The third-order valence-corrected chi connectivity index (χ3v) is 2.67. The number of aromatic amines is 1. The van der Waals surface area contributed by atoms with Crippen LogP contribution in [0.5, 0.6) is 5.75 Å². The predicted molar refractivity (Wildman–Crippen MR) is 54.1 cm³/mol. The second-order valence-corrected chi connectivity index (χ2v) is 3.67. The Bertz CT molecular complexity index is 402. The highest BCUT2D eigenvalue weighted by atomic mass is 32.2. The number of aromatic hydroxyl groups is 1. The van der Waals surface area contributed by atoms with Crippen LogP contribution < -0.4 is 0 Å². The van der Waals surface area contributed by atoms with Gasteiger partial charge in [0, 0.05) is 11.3 Å². The molecule has 14 heavy (non-hydrogen) atoms. The van der Waals surface area contributed by atoms with Crippen molar-refractivity contribution in [2.45, 2.75) is 10.9 Å².